The number of unbranched alkanes of at least 4 members (excludes halogenated alkanes) is 5. The summed E-state index contributed by atoms with van der Waals surface area (Å²) >= 11 is 1.58. The molecule has 2 aromatic rings. The zero-order valence-corrected chi connectivity index (χ0v) is 14.9. The predicted molar refractivity (Wildman–Crippen MR) is 103 cm³/mol. The maximum Gasteiger partial charge on any atom is 0.0254 e. The van der Waals surface area contributed by atoms with Gasteiger partial charge >= 0.3 is 0 Å². The molecule has 0 aliphatic heterocycles. The molecule has 0 saturated carbocycles. The van der Waals surface area contributed by atoms with Crippen molar-refractivity contribution in [2.75, 3.05) is 0 Å². The molecule has 2 rings (SSSR count). The molecule has 0 fully saturated rings. The highest BCUT2D eigenvalue weighted by molar-refractivity contribution is 8.03. The summed E-state index contributed by atoms with van der Waals surface area (Å²) in [5, 5.41) is 3.18. The van der Waals surface area contributed by atoms with Gasteiger partial charge in [-0.1, -0.05) is 75.3 Å². The third-order valence-electron chi connectivity index (χ3n) is 3.88. The maximum absolute atomic E-state index is 3.22. The molecule has 0 N–H and O–H groups in total. The summed E-state index contributed by atoms with van der Waals surface area (Å²) in [6, 6.07) is 19.0. The van der Waals surface area contributed by atoms with Crippen molar-refractivity contribution in [3.05, 3.63) is 65.7 Å². The highest BCUT2D eigenvalue weighted by Crippen LogP contribution is 2.16. The fourth-order valence-corrected chi connectivity index (χ4v) is 3.08. The van der Waals surface area contributed by atoms with Gasteiger partial charge in [0.15, 0.2) is 0 Å². The van der Waals surface area contributed by atoms with E-state index in [1.165, 1.54) is 55.4 Å². The van der Waals surface area contributed by atoms with Crippen LogP contribution in [0.5, 0.6) is 0 Å². The lowest BCUT2D eigenvalue weighted by Crippen LogP contribution is -1.86. The number of rotatable bonds is 8. The maximum atomic E-state index is 3.22. The van der Waals surface area contributed by atoms with Crippen LogP contribution in [0, 0.1) is 11.2 Å². The number of thioether (sulfide) groups is 1. The van der Waals surface area contributed by atoms with Gasteiger partial charge in [0, 0.05) is 10.5 Å². The van der Waals surface area contributed by atoms with Crippen LogP contribution in [-0.4, -0.2) is 0 Å². The molecule has 0 nitrogen and oxygen atoms in total. The Balaban J connectivity index is 1.72. The molecule has 0 amide bonds. The number of benzene rings is 2. The minimum Gasteiger partial charge on any atom is -0.0654 e. The van der Waals surface area contributed by atoms with Crippen molar-refractivity contribution < 1.29 is 0 Å². The van der Waals surface area contributed by atoms with E-state index >= 15 is 0 Å². The minimum atomic E-state index is 1.10. The molecule has 2 aromatic carbocycles. The van der Waals surface area contributed by atoms with Crippen LogP contribution in [0.25, 0.3) is 0 Å². The number of hydrogen-bond donors (Lipinski definition) is 0. The molecule has 0 bridgehead atoms. The van der Waals surface area contributed by atoms with Crippen molar-refractivity contribution in [3.8, 4) is 11.2 Å². The molecule has 0 heterocycles. The summed E-state index contributed by atoms with van der Waals surface area (Å²) < 4.78 is 0. The molecule has 0 unspecified atom stereocenters. The van der Waals surface area contributed by atoms with E-state index in [4.69, 9.17) is 0 Å². The molecule has 0 saturated heterocycles. The molecule has 0 atom stereocenters. The highest BCUT2D eigenvalue weighted by atomic mass is 32.2. The predicted octanol–water partition coefficient (Wildman–Crippen LogP) is 6.69. The molecule has 1 heteroatoms. The van der Waals surface area contributed by atoms with Gasteiger partial charge < -0.3 is 0 Å². The van der Waals surface area contributed by atoms with Crippen molar-refractivity contribution in [2.24, 2.45) is 0 Å². The molecule has 120 valence electrons. The summed E-state index contributed by atoms with van der Waals surface area (Å²) in [6.45, 7) is 2.27. The Bertz CT molecular complexity index is 602. The van der Waals surface area contributed by atoms with E-state index in [-0.39, 0.29) is 0 Å². The van der Waals surface area contributed by atoms with Crippen LogP contribution in [0.4, 0.5) is 0 Å². The molecule has 0 aliphatic carbocycles. The van der Waals surface area contributed by atoms with Crippen LogP contribution in [-0.2, 0) is 6.42 Å². The Hall–Kier alpha value is -1.65. The summed E-state index contributed by atoms with van der Waals surface area (Å²) in [7, 11) is 0. The van der Waals surface area contributed by atoms with Crippen molar-refractivity contribution in [3.63, 3.8) is 0 Å². The molecular weight excluding hydrogens is 296 g/mol. The summed E-state index contributed by atoms with van der Waals surface area (Å²) in [5.74, 6) is 3.22. The van der Waals surface area contributed by atoms with E-state index < -0.39 is 0 Å². The van der Waals surface area contributed by atoms with Crippen LogP contribution in [0.2, 0.25) is 0 Å². The van der Waals surface area contributed by atoms with Gasteiger partial charge in [0.2, 0.25) is 0 Å². The third kappa shape index (κ3) is 7.44. The first kappa shape index (κ1) is 17.7. The first-order valence-corrected chi connectivity index (χ1v) is 9.52. The molecule has 0 radical (unpaired) electrons. The smallest absolute Gasteiger partial charge is 0.0254 e. The Morgan fingerprint density at radius 3 is 2.22 bits per heavy atom. The van der Waals surface area contributed by atoms with Gasteiger partial charge in [-0.2, -0.15) is 0 Å². The summed E-state index contributed by atoms with van der Waals surface area (Å²) in [6.07, 6.45) is 9.34. The van der Waals surface area contributed by atoms with Crippen LogP contribution >= 0.6 is 11.8 Å². The van der Waals surface area contributed by atoms with E-state index in [1.807, 2.05) is 18.2 Å². The van der Waals surface area contributed by atoms with Gasteiger partial charge in [-0.25, -0.2) is 0 Å². The van der Waals surface area contributed by atoms with Crippen LogP contribution in [0.15, 0.2) is 59.5 Å². The SMILES string of the molecule is CCCCCCCCc1ccc(C#CSc2ccccc2)cc1. The van der Waals surface area contributed by atoms with E-state index in [0.29, 0.717) is 0 Å². The van der Waals surface area contributed by atoms with E-state index in [0.717, 1.165) is 5.56 Å². The first-order chi connectivity index (χ1) is 11.4. The zero-order valence-electron chi connectivity index (χ0n) is 14.1. The van der Waals surface area contributed by atoms with Gasteiger partial charge in [0.05, 0.1) is 0 Å². The second kappa shape index (κ2) is 11.0. The largest absolute Gasteiger partial charge is 0.0654 e. The van der Waals surface area contributed by atoms with Gasteiger partial charge in [-0.3, -0.25) is 0 Å². The van der Waals surface area contributed by atoms with Crippen molar-refractivity contribution >= 4 is 11.8 Å². The standard InChI is InChI=1S/C22H26S/c1-2-3-4-5-6-8-11-20-14-16-21(17-15-20)18-19-23-22-12-9-7-10-13-22/h7,9-10,12-17H,2-6,8,11H2,1H3. The highest BCUT2D eigenvalue weighted by Gasteiger charge is 1.95. The molecule has 0 aliphatic rings. The quantitative estimate of drug-likeness (QED) is 0.296. The molecule has 0 aromatic heterocycles. The number of aryl methyl sites for hydroxylation is 1. The average molecular weight is 323 g/mol. The van der Waals surface area contributed by atoms with Crippen LogP contribution < -0.4 is 0 Å². The van der Waals surface area contributed by atoms with E-state index in [9.17, 15) is 0 Å². The van der Waals surface area contributed by atoms with Crippen molar-refractivity contribution in [1.29, 1.82) is 0 Å². The lowest BCUT2D eigenvalue weighted by Gasteiger charge is -2.02. The van der Waals surface area contributed by atoms with E-state index in [1.54, 1.807) is 11.8 Å². The van der Waals surface area contributed by atoms with Crippen LogP contribution in [0.1, 0.15) is 56.6 Å². The van der Waals surface area contributed by atoms with Crippen molar-refractivity contribution in [2.45, 2.75) is 56.8 Å². The van der Waals surface area contributed by atoms with Gasteiger partial charge in [0.25, 0.3) is 0 Å². The second-order valence-corrected chi connectivity index (χ2v) is 6.74. The molecular formula is C22H26S. The molecule has 23 heavy (non-hydrogen) atoms. The van der Waals surface area contributed by atoms with Gasteiger partial charge in [-0.15, -0.1) is 0 Å². The topological polar surface area (TPSA) is 0 Å². The normalized spacial score (nSPS) is 10.1. The first-order valence-electron chi connectivity index (χ1n) is 8.70. The Morgan fingerprint density at radius 2 is 1.48 bits per heavy atom. The Kier molecular flexibility index (Phi) is 8.45. The minimum absolute atomic E-state index is 1.10. The Morgan fingerprint density at radius 1 is 0.783 bits per heavy atom. The van der Waals surface area contributed by atoms with Gasteiger partial charge in [0.1, 0.15) is 0 Å². The zero-order chi connectivity index (χ0) is 16.2. The second-order valence-electron chi connectivity index (χ2n) is 5.86. The van der Waals surface area contributed by atoms with Crippen LogP contribution in [0.3, 0.4) is 0 Å². The van der Waals surface area contributed by atoms with Gasteiger partial charge in [-0.05, 0) is 59.7 Å². The number of hydrogen-bond acceptors (Lipinski definition) is 1. The monoisotopic (exact) mass is 322 g/mol. The Labute approximate surface area is 145 Å². The van der Waals surface area contributed by atoms with Crippen molar-refractivity contribution in [1.82, 2.24) is 0 Å². The average Bonchev–Trinajstić information content (AvgIpc) is 2.60. The fourth-order valence-electron chi connectivity index (χ4n) is 2.50. The lowest BCUT2D eigenvalue weighted by molar-refractivity contribution is 0.607. The fraction of sp³-hybridized carbons (Fsp3) is 0.364. The molecule has 0 spiro atoms. The summed E-state index contributed by atoms with van der Waals surface area (Å²) in [4.78, 5) is 1.19. The lowest BCUT2D eigenvalue weighted by atomic mass is 10.0. The third-order valence-corrected chi connectivity index (χ3v) is 4.59. The van der Waals surface area contributed by atoms with E-state index in [2.05, 4.69) is 54.5 Å². The summed E-state index contributed by atoms with van der Waals surface area (Å²) in [5.41, 5.74) is 2.53.